The van der Waals surface area contributed by atoms with Crippen LogP contribution >= 0.6 is 0 Å². The maximum Gasteiger partial charge on any atom is 0.160 e. The fourth-order valence-corrected chi connectivity index (χ4v) is 5.33. The van der Waals surface area contributed by atoms with E-state index in [1.807, 2.05) is 12.3 Å². The molecular weight excluding hydrogens is 464 g/mol. The van der Waals surface area contributed by atoms with E-state index in [1.54, 1.807) is 6.26 Å². The van der Waals surface area contributed by atoms with Crippen LogP contribution in [0.4, 0.5) is 0 Å². The standard InChI is InChI=1S/C35H34N2O/c1-22(2)16-29-10-11-30-31(21-27-13-15-38-34(27)33(30)37-29)32-19-24(12-14-36-32)17-23-6-7-26-20-28(35(3,4)5)9-8-25(26)18-23/h6-15,18-22H,16-17H2,1-5H3. The van der Waals surface area contributed by atoms with E-state index in [0.717, 1.165) is 51.7 Å². The first-order valence-electron chi connectivity index (χ1n) is 13.5. The number of nitrogens with zero attached hydrogens (tertiary/aromatic N) is 2. The lowest BCUT2D eigenvalue weighted by atomic mass is 9.85. The van der Waals surface area contributed by atoms with Crippen molar-refractivity contribution >= 4 is 32.6 Å². The van der Waals surface area contributed by atoms with Crippen molar-refractivity contribution in [1.82, 2.24) is 9.97 Å². The molecule has 3 aromatic heterocycles. The third-order valence-corrected chi connectivity index (χ3v) is 7.35. The lowest BCUT2D eigenvalue weighted by molar-refractivity contribution is 0.591. The quantitative estimate of drug-likeness (QED) is 0.238. The van der Waals surface area contributed by atoms with Crippen LogP contribution in [-0.4, -0.2) is 9.97 Å². The molecule has 38 heavy (non-hydrogen) atoms. The van der Waals surface area contributed by atoms with E-state index in [4.69, 9.17) is 14.4 Å². The average Bonchev–Trinajstić information content (AvgIpc) is 3.36. The predicted molar refractivity (Wildman–Crippen MR) is 159 cm³/mol. The summed E-state index contributed by atoms with van der Waals surface area (Å²) in [6.45, 7) is 11.2. The van der Waals surface area contributed by atoms with Gasteiger partial charge in [0.2, 0.25) is 0 Å². The minimum Gasteiger partial charge on any atom is -0.462 e. The van der Waals surface area contributed by atoms with Crippen molar-refractivity contribution in [3.63, 3.8) is 0 Å². The molecule has 0 aliphatic heterocycles. The Hall–Kier alpha value is -3.98. The summed E-state index contributed by atoms with van der Waals surface area (Å²) < 4.78 is 5.86. The molecule has 3 heteroatoms. The van der Waals surface area contributed by atoms with Gasteiger partial charge in [-0.1, -0.05) is 77.1 Å². The molecule has 0 saturated heterocycles. The summed E-state index contributed by atoms with van der Waals surface area (Å²) in [6.07, 6.45) is 5.47. The van der Waals surface area contributed by atoms with E-state index >= 15 is 0 Å². The zero-order valence-electron chi connectivity index (χ0n) is 22.9. The maximum atomic E-state index is 5.86. The molecule has 0 bridgehead atoms. The monoisotopic (exact) mass is 498 g/mol. The summed E-state index contributed by atoms with van der Waals surface area (Å²) in [7, 11) is 0. The molecule has 0 saturated carbocycles. The Morgan fingerprint density at radius 2 is 1.58 bits per heavy atom. The fraction of sp³-hybridized carbons (Fsp3) is 0.257. The molecule has 0 spiro atoms. The number of hydrogen-bond acceptors (Lipinski definition) is 3. The molecule has 0 amide bonds. The van der Waals surface area contributed by atoms with Crippen molar-refractivity contribution in [3.05, 3.63) is 108 Å². The first-order chi connectivity index (χ1) is 18.2. The molecule has 0 aliphatic rings. The molecule has 0 N–H and O–H groups in total. The van der Waals surface area contributed by atoms with Gasteiger partial charge in [0.15, 0.2) is 5.58 Å². The number of furan rings is 1. The highest BCUT2D eigenvalue weighted by atomic mass is 16.3. The summed E-state index contributed by atoms with van der Waals surface area (Å²) in [6, 6.07) is 26.5. The van der Waals surface area contributed by atoms with Crippen molar-refractivity contribution in [3.8, 4) is 11.3 Å². The van der Waals surface area contributed by atoms with E-state index in [9.17, 15) is 0 Å². The maximum absolute atomic E-state index is 5.86. The van der Waals surface area contributed by atoms with Crippen LogP contribution in [0.1, 0.15) is 57.0 Å². The number of benzene rings is 3. The SMILES string of the molecule is CC(C)Cc1ccc2c(-c3cc(Cc4ccc5cc(C(C)(C)C)ccc5c4)ccn3)cc3ccoc3c2n1. The molecule has 3 nitrogen and oxygen atoms in total. The van der Waals surface area contributed by atoms with Crippen molar-refractivity contribution < 1.29 is 4.42 Å². The molecule has 0 atom stereocenters. The third-order valence-electron chi connectivity index (χ3n) is 7.35. The van der Waals surface area contributed by atoms with Crippen molar-refractivity contribution in [1.29, 1.82) is 0 Å². The van der Waals surface area contributed by atoms with Gasteiger partial charge in [-0.25, -0.2) is 4.98 Å². The summed E-state index contributed by atoms with van der Waals surface area (Å²) in [5.41, 5.74) is 8.96. The lowest BCUT2D eigenvalue weighted by Gasteiger charge is -2.19. The molecule has 3 heterocycles. The molecular formula is C35H34N2O. The van der Waals surface area contributed by atoms with Crippen molar-refractivity contribution in [2.45, 2.75) is 52.9 Å². The van der Waals surface area contributed by atoms with Crippen LogP contribution in [0.2, 0.25) is 0 Å². The first-order valence-corrected chi connectivity index (χ1v) is 13.5. The Kier molecular flexibility index (Phi) is 6.03. The van der Waals surface area contributed by atoms with Crippen LogP contribution in [0.25, 0.3) is 43.9 Å². The Labute approximate surface area is 224 Å². The van der Waals surface area contributed by atoms with Crippen molar-refractivity contribution in [2.75, 3.05) is 0 Å². The highest BCUT2D eigenvalue weighted by Gasteiger charge is 2.16. The second kappa shape index (κ2) is 9.40. The smallest absolute Gasteiger partial charge is 0.160 e. The zero-order valence-corrected chi connectivity index (χ0v) is 22.9. The van der Waals surface area contributed by atoms with E-state index < -0.39 is 0 Å². The molecule has 6 aromatic rings. The number of fused-ring (bicyclic) bond motifs is 4. The van der Waals surface area contributed by atoms with Gasteiger partial charge < -0.3 is 4.42 Å². The predicted octanol–water partition coefficient (Wildman–Crippen LogP) is 9.28. The van der Waals surface area contributed by atoms with Gasteiger partial charge in [0.25, 0.3) is 0 Å². The van der Waals surface area contributed by atoms with Gasteiger partial charge in [-0.2, -0.15) is 0 Å². The van der Waals surface area contributed by atoms with Gasteiger partial charge in [0, 0.05) is 28.2 Å². The molecule has 0 radical (unpaired) electrons. The minimum atomic E-state index is 0.148. The van der Waals surface area contributed by atoms with E-state index in [-0.39, 0.29) is 5.41 Å². The summed E-state index contributed by atoms with van der Waals surface area (Å²) >= 11 is 0. The number of pyridine rings is 2. The van der Waals surface area contributed by atoms with E-state index in [2.05, 4.69) is 101 Å². The highest BCUT2D eigenvalue weighted by molar-refractivity contribution is 6.09. The first kappa shape index (κ1) is 24.4. The second-order valence-electron chi connectivity index (χ2n) is 11.9. The summed E-state index contributed by atoms with van der Waals surface area (Å²) in [5.74, 6) is 0.546. The molecule has 6 rings (SSSR count). The van der Waals surface area contributed by atoms with E-state index in [1.165, 1.54) is 27.5 Å². The number of rotatable bonds is 5. The largest absolute Gasteiger partial charge is 0.462 e. The minimum absolute atomic E-state index is 0.148. The Morgan fingerprint density at radius 3 is 2.39 bits per heavy atom. The Balaban J connectivity index is 1.37. The topological polar surface area (TPSA) is 38.9 Å². The van der Waals surface area contributed by atoms with Crippen LogP contribution in [-0.2, 0) is 18.3 Å². The van der Waals surface area contributed by atoms with Gasteiger partial charge in [-0.05, 0) is 82.0 Å². The van der Waals surface area contributed by atoms with Gasteiger partial charge in [0.05, 0.1) is 12.0 Å². The molecule has 190 valence electrons. The zero-order chi connectivity index (χ0) is 26.4. The second-order valence-corrected chi connectivity index (χ2v) is 11.9. The molecule has 0 unspecified atom stereocenters. The van der Waals surface area contributed by atoms with Crippen LogP contribution < -0.4 is 0 Å². The highest BCUT2D eigenvalue weighted by Crippen LogP contribution is 2.35. The van der Waals surface area contributed by atoms with E-state index in [0.29, 0.717) is 5.92 Å². The summed E-state index contributed by atoms with van der Waals surface area (Å²) in [4.78, 5) is 9.81. The Morgan fingerprint density at radius 1 is 0.789 bits per heavy atom. The van der Waals surface area contributed by atoms with Crippen molar-refractivity contribution in [2.24, 2.45) is 5.92 Å². The van der Waals surface area contributed by atoms with Gasteiger partial charge >= 0.3 is 0 Å². The Bertz CT molecular complexity index is 1790. The molecule has 0 fully saturated rings. The summed E-state index contributed by atoms with van der Waals surface area (Å²) in [5, 5.41) is 4.70. The lowest BCUT2D eigenvalue weighted by Crippen LogP contribution is -2.10. The molecule has 0 aliphatic carbocycles. The van der Waals surface area contributed by atoms with Crippen LogP contribution in [0.15, 0.2) is 89.7 Å². The van der Waals surface area contributed by atoms with Crippen LogP contribution in [0.5, 0.6) is 0 Å². The third kappa shape index (κ3) is 4.69. The van der Waals surface area contributed by atoms with Gasteiger partial charge in [-0.15, -0.1) is 0 Å². The number of hydrogen-bond donors (Lipinski definition) is 0. The number of aromatic nitrogens is 2. The van der Waals surface area contributed by atoms with Gasteiger partial charge in [0.1, 0.15) is 5.52 Å². The average molecular weight is 499 g/mol. The van der Waals surface area contributed by atoms with Crippen LogP contribution in [0, 0.1) is 5.92 Å². The molecule has 3 aromatic carbocycles. The fourth-order valence-electron chi connectivity index (χ4n) is 5.33. The van der Waals surface area contributed by atoms with Gasteiger partial charge in [-0.3, -0.25) is 4.98 Å². The van der Waals surface area contributed by atoms with Crippen LogP contribution in [0.3, 0.4) is 0 Å². The normalized spacial score (nSPS) is 12.3.